The van der Waals surface area contributed by atoms with Crippen molar-refractivity contribution in [3.63, 3.8) is 0 Å². The minimum absolute atomic E-state index is 0.107. The van der Waals surface area contributed by atoms with E-state index in [0.717, 1.165) is 11.6 Å². The van der Waals surface area contributed by atoms with Gasteiger partial charge >= 0.3 is 0 Å². The molecule has 0 fully saturated rings. The first kappa shape index (κ1) is 12.6. The third-order valence-electron chi connectivity index (χ3n) is 3.50. The van der Waals surface area contributed by atoms with Crippen LogP contribution in [0, 0.1) is 0 Å². The number of phenolic OH excluding ortho intramolecular Hbond substituents is 3. The fraction of sp³-hybridized carbons (Fsp3) is 0.200. The molecule has 4 N–H and O–H groups in total. The van der Waals surface area contributed by atoms with E-state index in [1.165, 1.54) is 6.07 Å². The molecule has 1 aliphatic rings. The SMILES string of the molecule is Oc1cccc(C2COc3cc(O)cc(O)c3C2O)c1. The Morgan fingerprint density at radius 2 is 1.80 bits per heavy atom. The van der Waals surface area contributed by atoms with Crippen LogP contribution in [0.15, 0.2) is 36.4 Å². The summed E-state index contributed by atoms with van der Waals surface area (Å²) in [6.45, 7) is 0.195. The Labute approximate surface area is 115 Å². The van der Waals surface area contributed by atoms with Gasteiger partial charge in [-0.05, 0) is 17.7 Å². The molecule has 2 atom stereocenters. The molecule has 20 heavy (non-hydrogen) atoms. The summed E-state index contributed by atoms with van der Waals surface area (Å²) in [7, 11) is 0. The average Bonchev–Trinajstić information content (AvgIpc) is 2.38. The van der Waals surface area contributed by atoms with Gasteiger partial charge in [0.1, 0.15) is 23.0 Å². The van der Waals surface area contributed by atoms with Crippen LogP contribution in [0.5, 0.6) is 23.0 Å². The van der Waals surface area contributed by atoms with Crippen LogP contribution >= 0.6 is 0 Å². The van der Waals surface area contributed by atoms with Crippen LogP contribution in [-0.2, 0) is 0 Å². The van der Waals surface area contributed by atoms with Gasteiger partial charge in [0.2, 0.25) is 0 Å². The van der Waals surface area contributed by atoms with E-state index in [2.05, 4.69) is 0 Å². The van der Waals surface area contributed by atoms with Gasteiger partial charge in [-0.25, -0.2) is 0 Å². The normalized spacial score (nSPS) is 21.1. The predicted molar refractivity (Wildman–Crippen MR) is 71.1 cm³/mol. The highest BCUT2D eigenvalue weighted by Gasteiger charge is 2.33. The number of phenols is 3. The molecule has 5 nitrogen and oxygen atoms in total. The zero-order valence-electron chi connectivity index (χ0n) is 10.5. The number of aliphatic hydroxyl groups excluding tert-OH is 1. The van der Waals surface area contributed by atoms with E-state index < -0.39 is 12.0 Å². The Hall–Kier alpha value is -2.40. The summed E-state index contributed by atoms with van der Waals surface area (Å²) in [4.78, 5) is 0. The smallest absolute Gasteiger partial charge is 0.132 e. The number of aromatic hydroxyl groups is 3. The molecular formula is C15H14O5. The van der Waals surface area contributed by atoms with Crippen LogP contribution in [0.2, 0.25) is 0 Å². The molecule has 0 amide bonds. The van der Waals surface area contributed by atoms with Crippen molar-refractivity contribution in [2.75, 3.05) is 6.61 Å². The predicted octanol–water partition coefficient (Wildman–Crippen LogP) is 2.01. The van der Waals surface area contributed by atoms with E-state index in [1.807, 2.05) is 0 Å². The number of fused-ring (bicyclic) bond motifs is 1. The minimum atomic E-state index is -0.971. The zero-order chi connectivity index (χ0) is 14.3. The number of hydrogen-bond donors (Lipinski definition) is 4. The lowest BCUT2D eigenvalue weighted by atomic mass is 9.87. The molecule has 1 heterocycles. The Kier molecular flexibility index (Phi) is 2.91. The van der Waals surface area contributed by atoms with Crippen molar-refractivity contribution in [2.24, 2.45) is 0 Å². The standard InChI is InChI=1S/C15H14O5/c16-9-3-1-2-8(4-9)11-7-20-13-6-10(17)5-12(18)14(13)15(11)19/h1-6,11,15-19H,7H2. The summed E-state index contributed by atoms with van der Waals surface area (Å²) in [6.07, 6.45) is -0.971. The Bertz CT molecular complexity index is 653. The lowest BCUT2D eigenvalue weighted by Gasteiger charge is -2.31. The average molecular weight is 274 g/mol. The fourth-order valence-corrected chi connectivity index (χ4v) is 2.52. The molecule has 1 aliphatic heterocycles. The van der Waals surface area contributed by atoms with Gasteiger partial charge in [0.05, 0.1) is 18.3 Å². The van der Waals surface area contributed by atoms with Crippen molar-refractivity contribution in [2.45, 2.75) is 12.0 Å². The third kappa shape index (κ3) is 2.02. The maximum atomic E-state index is 10.4. The summed E-state index contributed by atoms with van der Waals surface area (Å²) in [5, 5.41) is 39.2. The van der Waals surface area contributed by atoms with E-state index in [0.29, 0.717) is 0 Å². The second-order valence-corrected chi connectivity index (χ2v) is 4.83. The van der Waals surface area contributed by atoms with E-state index in [1.54, 1.807) is 24.3 Å². The largest absolute Gasteiger partial charge is 0.508 e. The number of hydrogen-bond acceptors (Lipinski definition) is 5. The van der Waals surface area contributed by atoms with Gasteiger partial charge in [-0.15, -0.1) is 0 Å². The second-order valence-electron chi connectivity index (χ2n) is 4.83. The molecule has 2 unspecified atom stereocenters. The van der Waals surface area contributed by atoms with E-state index >= 15 is 0 Å². The van der Waals surface area contributed by atoms with Gasteiger partial charge in [0.25, 0.3) is 0 Å². The topological polar surface area (TPSA) is 90.2 Å². The van der Waals surface area contributed by atoms with Crippen LogP contribution < -0.4 is 4.74 Å². The Balaban J connectivity index is 2.03. The number of ether oxygens (including phenoxy) is 1. The summed E-state index contributed by atoms with van der Waals surface area (Å²) < 4.78 is 5.50. The highest BCUT2D eigenvalue weighted by molar-refractivity contribution is 5.53. The summed E-state index contributed by atoms with van der Waals surface area (Å²) in [5.41, 5.74) is 0.970. The number of benzene rings is 2. The zero-order valence-corrected chi connectivity index (χ0v) is 10.5. The van der Waals surface area contributed by atoms with Crippen molar-refractivity contribution < 1.29 is 25.2 Å². The lowest BCUT2D eigenvalue weighted by Crippen LogP contribution is -2.24. The molecule has 0 radical (unpaired) electrons. The van der Waals surface area contributed by atoms with Crippen molar-refractivity contribution in [1.82, 2.24) is 0 Å². The molecule has 0 spiro atoms. The molecule has 2 aromatic carbocycles. The minimum Gasteiger partial charge on any atom is -0.508 e. The fourth-order valence-electron chi connectivity index (χ4n) is 2.52. The third-order valence-corrected chi connectivity index (χ3v) is 3.50. The summed E-state index contributed by atoms with van der Waals surface area (Å²) in [5.74, 6) is -0.353. The quantitative estimate of drug-likeness (QED) is 0.638. The van der Waals surface area contributed by atoms with Gasteiger partial charge in [-0.1, -0.05) is 12.1 Å². The molecule has 0 saturated carbocycles. The summed E-state index contributed by atoms with van der Waals surface area (Å²) >= 11 is 0. The van der Waals surface area contributed by atoms with E-state index in [-0.39, 0.29) is 35.2 Å². The lowest BCUT2D eigenvalue weighted by molar-refractivity contribution is 0.0858. The Morgan fingerprint density at radius 3 is 2.55 bits per heavy atom. The van der Waals surface area contributed by atoms with Gasteiger partial charge in [0, 0.05) is 18.1 Å². The van der Waals surface area contributed by atoms with Crippen molar-refractivity contribution in [3.05, 3.63) is 47.5 Å². The first-order chi connectivity index (χ1) is 9.56. The van der Waals surface area contributed by atoms with Crippen LogP contribution in [0.4, 0.5) is 0 Å². The van der Waals surface area contributed by atoms with Crippen LogP contribution in [0.25, 0.3) is 0 Å². The maximum absolute atomic E-state index is 10.4. The molecule has 0 bridgehead atoms. The molecular weight excluding hydrogens is 260 g/mol. The van der Waals surface area contributed by atoms with Gasteiger partial charge in [-0.3, -0.25) is 0 Å². The van der Waals surface area contributed by atoms with Gasteiger partial charge in [0.15, 0.2) is 0 Å². The Morgan fingerprint density at radius 1 is 1.00 bits per heavy atom. The van der Waals surface area contributed by atoms with Gasteiger partial charge < -0.3 is 25.2 Å². The molecule has 5 heteroatoms. The van der Waals surface area contributed by atoms with Crippen molar-refractivity contribution in [1.29, 1.82) is 0 Å². The van der Waals surface area contributed by atoms with Crippen molar-refractivity contribution >= 4 is 0 Å². The number of rotatable bonds is 1. The first-order valence-corrected chi connectivity index (χ1v) is 6.22. The highest BCUT2D eigenvalue weighted by Crippen LogP contribution is 2.46. The van der Waals surface area contributed by atoms with Crippen LogP contribution in [0.3, 0.4) is 0 Å². The second kappa shape index (κ2) is 4.61. The molecule has 0 aliphatic carbocycles. The number of aliphatic hydroxyl groups is 1. The molecule has 0 aromatic heterocycles. The first-order valence-electron chi connectivity index (χ1n) is 6.22. The monoisotopic (exact) mass is 274 g/mol. The van der Waals surface area contributed by atoms with Crippen LogP contribution in [0.1, 0.15) is 23.1 Å². The molecule has 2 aromatic rings. The van der Waals surface area contributed by atoms with E-state index in [4.69, 9.17) is 4.74 Å². The summed E-state index contributed by atoms with van der Waals surface area (Å²) in [6, 6.07) is 9.08. The molecule has 104 valence electrons. The maximum Gasteiger partial charge on any atom is 0.132 e. The highest BCUT2D eigenvalue weighted by atomic mass is 16.5. The van der Waals surface area contributed by atoms with E-state index in [9.17, 15) is 20.4 Å². The molecule has 0 saturated heterocycles. The molecule has 3 rings (SSSR count). The van der Waals surface area contributed by atoms with Crippen LogP contribution in [-0.4, -0.2) is 27.0 Å². The van der Waals surface area contributed by atoms with Crippen molar-refractivity contribution in [3.8, 4) is 23.0 Å². The van der Waals surface area contributed by atoms with Gasteiger partial charge in [-0.2, -0.15) is 0 Å².